The van der Waals surface area contributed by atoms with Crippen molar-refractivity contribution >= 4 is 5.91 Å². The Morgan fingerprint density at radius 2 is 1.56 bits per heavy atom. The fourth-order valence-electron chi connectivity index (χ4n) is 3.59. The second-order valence-electron chi connectivity index (χ2n) is 7.03. The van der Waals surface area contributed by atoms with Gasteiger partial charge in [-0.05, 0) is 48.3 Å². The fraction of sp³-hybridized carbons (Fsp3) is 0.409. The number of piperidine rings is 1. The van der Waals surface area contributed by atoms with Gasteiger partial charge in [-0.15, -0.1) is 0 Å². The van der Waals surface area contributed by atoms with Crippen molar-refractivity contribution in [2.45, 2.75) is 38.6 Å². The van der Waals surface area contributed by atoms with Gasteiger partial charge in [0, 0.05) is 26.1 Å². The van der Waals surface area contributed by atoms with Gasteiger partial charge >= 0.3 is 0 Å². The van der Waals surface area contributed by atoms with Crippen molar-refractivity contribution in [3.8, 4) is 0 Å². The Labute approximate surface area is 150 Å². The smallest absolute Gasteiger partial charge is 0.222 e. The van der Waals surface area contributed by atoms with E-state index in [9.17, 15) is 4.79 Å². The third-order valence-electron chi connectivity index (χ3n) is 5.22. The van der Waals surface area contributed by atoms with Crippen molar-refractivity contribution < 1.29 is 4.79 Å². The molecular weight excluding hydrogens is 308 g/mol. The molecule has 132 valence electrons. The van der Waals surface area contributed by atoms with Crippen LogP contribution in [0.3, 0.4) is 0 Å². The van der Waals surface area contributed by atoms with Crippen LogP contribution < -0.4 is 5.73 Å². The van der Waals surface area contributed by atoms with Crippen molar-refractivity contribution in [2.75, 3.05) is 13.1 Å². The second kappa shape index (κ2) is 8.82. The lowest BCUT2D eigenvalue weighted by molar-refractivity contribution is -0.132. The molecule has 3 nitrogen and oxygen atoms in total. The highest BCUT2D eigenvalue weighted by Crippen LogP contribution is 2.22. The Hall–Kier alpha value is -2.13. The van der Waals surface area contributed by atoms with Crippen molar-refractivity contribution in [2.24, 2.45) is 11.7 Å². The molecule has 2 N–H and O–H groups in total. The molecule has 3 rings (SSSR count). The van der Waals surface area contributed by atoms with Gasteiger partial charge in [0.15, 0.2) is 0 Å². The Balaban J connectivity index is 1.41. The first-order valence-corrected chi connectivity index (χ1v) is 9.34. The van der Waals surface area contributed by atoms with Gasteiger partial charge in [0.05, 0.1) is 0 Å². The molecule has 1 aliphatic heterocycles. The van der Waals surface area contributed by atoms with Crippen molar-refractivity contribution in [3.05, 3.63) is 71.3 Å². The van der Waals surface area contributed by atoms with E-state index in [4.69, 9.17) is 5.73 Å². The molecule has 0 atom stereocenters. The molecule has 3 heteroatoms. The van der Waals surface area contributed by atoms with Crippen LogP contribution in [0.5, 0.6) is 0 Å². The summed E-state index contributed by atoms with van der Waals surface area (Å²) in [4.78, 5) is 14.5. The number of rotatable bonds is 6. The van der Waals surface area contributed by atoms with E-state index in [2.05, 4.69) is 59.5 Å². The summed E-state index contributed by atoms with van der Waals surface area (Å²) in [5, 5.41) is 0. The van der Waals surface area contributed by atoms with Crippen LogP contribution in [-0.4, -0.2) is 23.9 Å². The second-order valence-corrected chi connectivity index (χ2v) is 7.03. The summed E-state index contributed by atoms with van der Waals surface area (Å²) < 4.78 is 0. The molecule has 0 bridgehead atoms. The first-order valence-electron chi connectivity index (χ1n) is 9.34. The first-order chi connectivity index (χ1) is 12.2. The third kappa shape index (κ3) is 5.17. The van der Waals surface area contributed by atoms with Gasteiger partial charge in [-0.25, -0.2) is 0 Å². The van der Waals surface area contributed by atoms with E-state index in [-0.39, 0.29) is 0 Å². The van der Waals surface area contributed by atoms with Crippen LogP contribution in [0.15, 0.2) is 54.6 Å². The zero-order chi connectivity index (χ0) is 17.5. The average Bonchev–Trinajstić information content (AvgIpc) is 2.68. The van der Waals surface area contributed by atoms with Crippen molar-refractivity contribution in [1.29, 1.82) is 0 Å². The molecule has 1 heterocycles. The number of carbonyl (C=O) groups excluding carboxylic acids is 1. The van der Waals surface area contributed by atoms with E-state index in [1.54, 1.807) is 0 Å². The van der Waals surface area contributed by atoms with Gasteiger partial charge in [0.1, 0.15) is 0 Å². The van der Waals surface area contributed by atoms with Gasteiger partial charge < -0.3 is 10.6 Å². The zero-order valence-corrected chi connectivity index (χ0v) is 14.9. The molecule has 0 radical (unpaired) electrons. The number of nitrogens with zero attached hydrogens (tertiary/aromatic N) is 1. The summed E-state index contributed by atoms with van der Waals surface area (Å²) in [5.41, 5.74) is 9.38. The number of likely N-dealkylation sites (tertiary alicyclic amines) is 1. The molecule has 1 amide bonds. The SMILES string of the molecule is NCc1ccc(CCC(=O)N2CCC(Cc3ccccc3)CC2)cc1. The lowest BCUT2D eigenvalue weighted by atomic mass is 9.90. The van der Waals surface area contributed by atoms with Crippen LogP contribution in [0, 0.1) is 5.92 Å². The Morgan fingerprint density at radius 1 is 0.920 bits per heavy atom. The molecule has 0 saturated carbocycles. The van der Waals surface area contributed by atoms with E-state index in [1.807, 2.05) is 0 Å². The molecule has 25 heavy (non-hydrogen) atoms. The Morgan fingerprint density at radius 3 is 2.20 bits per heavy atom. The van der Waals surface area contributed by atoms with Gasteiger partial charge in [-0.1, -0.05) is 54.6 Å². The van der Waals surface area contributed by atoms with Gasteiger partial charge in [-0.3, -0.25) is 4.79 Å². The molecule has 1 saturated heterocycles. The van der Waals surface area contributed by atoms with Gasteiger partial charge in [-0.2, -0.15) is 0 Å². The van der Waals surface area contributed by atoms with Crippen LogP contribution in [0.1, 0.15) is 36.0 Å². The minimum Gasteiger partial charge on any atom is -0.343 e. The summed E-state index contributed by atoms with van der Waals surface area (Å²) in [5.74, 6) is 0.997. The van der Waals surface area contributed by atoms with E-state index >= 15 is 0 Å². The van der Waals surface area contributed by atoms with Crippen LogP contribution in [0.2, 0.25) is 0 Å². The minimum atomic E-state index is 0.293. The standard InChI is InChI=1S/C22H28N2O/c23-17-21-8-6-18(7-9-21)10-11-22(25)24-14-12-20(13-15-24)16-19-4-2-1-3-5-19/h1-9,20H,10-17,23H2. The maximum Gasteiger partial charge on any atom is 0.222 e. The molecule has 1 aliphatic rings. The molecule has 0 unspecified atom stereocenters. The van der Waals surface area contributed by atoms with E-state index in [0.29, 0.717) is 24.8 Å². The average molecular weight is 336 g/mol. The quantitative estimate of drug-likeness (QED) is 0.877. The predicted octanol–water partition coefficient (Wildman–Crippen LogP) is 3.56. The van der Waals surface area contributed by atoms with Crippen molar-refractivity contribution in [1.82, 2.24) is 4.90 Å². The molecule has 0 spiro atoms. The molecular formula is C22H28N2O. The van der Waals surface area contributed by atoms with Crippen LogP contribution in [0.25, 0.3) is 0 Å². The number of nitrogens with two attached hydrogens (primary N) is 1. The number of amides is 1. The minimum absolute atomic E-state index is 0.293. The molecule has 2 aromatic rings. The summed E-state index contributed by atoms with van der Waals surface area (Å²) in [6.45, 7) is 2.38. The topological polar surface area (TPSA) is 46.3 Å². The highest BCUT2D eigenvalue weighted by molar-refractivity contribution is 5.76. The highest BCUT2D eigenvalue weighted by atomic mass is 16.2. The summed E-state index contributed by atoms with van der Waals surface area (Å²) in [7, 11) is 0. The first kappa shape index (κ1) is 17.7. The molecule has 1 fully saturated rings. The van der Waals surface area contributed by atoms with E-state index < -0.39 is 0 Å². The number of carbonyl (C=O) groups is 1. The van der Waals surface area contributed by atoms with Gasteiger partial charge in [0.25, 0.3) is 0 Å². The number of hydrogen-bond donors (Lipinski definition) is 1. The van der Waals surface area contributed by atoms with Crippen LogP contribution >= 0.6 is 0 Å². The predicted molar refractivity (Wildman–Crippen MR) is 102 cm³/mol. The summed E-state index contributed by atoms with van der Waals surface area (Å²) in [6, 6.07) is 18.9. The summed E-state index contributed by atoms with van der Waals surface area (Å²) >= 11 is 0. The largest absolute Gasteiger partial charge is 0.343 e. The highest BCUT2D eigenvalue weighted by Gasteiger charge is 2.22. The zero-order valence-electron chi connectivity index (χ0n) is 14.9. The fourth-order valence-corrected chi connectivity index (χ4v) is 3.59. The summed E-state index contributed by atoms with van der Waals surface area (Å²) in [6.07, 6.45) is 4.78. The molecule has 2 aromatic carbocycles. The number of aryl methyl sites for hydroxylation is 1. The molecule has 0 aromatic heterocycles. The maximum atomic E-state index is 12.5. The third-order valence-corrected chi connectivity index (χ3v) is 5.22. The Bertz CT molecular complexity index is 658. The van der Waals surface area contributed by atoms with E-state index in [0.717, 1.165) is 44.3 Å². The van der Waals surface area contributed by atoms with Crippen LogP contribution in [0.4, 0.5) is 0 Å². The number of benzene rings is 2. The molecule has 0 aliphatic carbocycles. The van der Waals surface area contributed by atoms with E-state index in [1.165, 1.54) is 11.1 Å². The normalized spacial score (nSPS) is 15.3. The lowest BCUT2D eigenvalue weighted by Gasteiger charge is -2.32. The maximum absolute atomic E-state index is 12.5. The lowest BCUT2D eigenvalue weighted by Crippen LogP contribution is -2.39. The van der Waals surface area contributed by atoms with Gasteiger partial charge in [0.2, 0.25) is 5.91 Å². The van der Waals surface area contributed by atoms with Crippen LogP contribution in [-0.2, 0) is 24.2 Å². The number of hydrogen-bond acceptors (Lipinski definition) is 2. The monoisotopic (exact) mass is 336 g/mol. The Kier molecular flexibility index (Phi) is 6.24. The van der Waals surface area contributed by atoms with Crippen molar-refractivity contribution in [3.63, 3.8) is 0 Å².